The molecule has 0 fully saturated rings. The van der Waals surface area contributed by atoms with E-state index in [2.05, 4.69) is 5.10 Å². The highest BCUT2D eigenvalue weighted by Crippen LogP contribution is 2.21. The van der Waals surface area contributed by atoms with Crippen LogP contribution in [0.15, 0.2) is 30.3 Å². The van der Waals surface area contributed by atoms with Crippen LogP contribution in [-0.4, -0.2) is 14.9 Å². The van der Waals surface area contributed by atoms with Gasteiger partial charge in [-0.3, -0.25) is 4.68 Å². The summed E-state index contributed by atoms with van der Waals surface area (Å²) >= 11 is 5.94. The molecule has 2 aromatic rings. The van der Waals surface area contributed by atoms with Gasteiger partial charge in [-0.25, -0.2) is 0 Å². The predicted octanol–water partition coefficient (Wildman–Crippen LogP) is 3.14. The Morgan fingerprint density at radius 1 is 1.39 bits per heavy atom. The topological polar surface area (TPSA) is 38.0 Å². The molecule has 1 heterocycles. The first kappa shape index (κ1) is 13.1. The summed E-state index contributed by atoms with van der Waals surface area (Å²) in [4.78, 5) is 0. The third kappa shape index (κ3) is 2.92. The first-order chi connectivity index (χ1) is 8.60. The van der Waals surface area contributed by atoms with Crippen LogP contribution >= 0.6 is 11.6 Å². The van der Waals surface area contributed by atoms with E-state index in [-0.39, 0.29) is 0 Å². The van der Waals surface area contributed by atoms with Gasteiger partial charge in [-0.1, -0.05) is 23.7 Å². The largest absolute Gasteiger partial charge is 0.386 e. The summed E-state index contributed by atoms with van der Waals surface area (Å²) < 4.78 is 1.84. The molecule has 0 bridgehead atoms. The van der Waals surface area contributed by atoms with Crippen molar-refractivity contribution in [1.82, 2.24) is 9.78 Å². The van der Waals surface area contributed by atoms with Gasteiger partial charge in [-0.05, 0) is 37.6 Å². The van der Waals surface area contributed by atoms with Crippen molar-refractivity contribution in [2.24, 2.45) is 0 Å². The Balaban J connectivity index is 2.18. The quantitative estimate of drug-likeness (QED) is 0.921. The second kappa shape index (κ2) is 5.55. The molecule has 0 radical (unpaired) electrons. The lowest BCUT2D eigenvalue weighted by Gasteiger charge is -2.12. The third-order valence-corrected chi connectivity index (χ3v) is 3.13. The zero-order chi connectivity index (χ0) is 13.1. The number of aromatic nitrogens is 2. The Hall–Kier alpha value is -1.32. The molecule has 4 heteroatoms. The number of aliphatic hydroxyl groups excluding tert-OH is 1. The van der Waals surface area contributed by atoms with Crippen LogP contribution in [0.3, 0.4) is 0 Å². The summed E-state index contributed by atoms with van der Waals surface area (Å²) in [6.07, 6.45) is -0.00397. The molecule has 1 aromatic heterocycles. The number of nitrogens with zero attached hydrogens (tertiary/aromatic N) is 2. The number of hydrogen-bond donors (Lipinski definition) is 1. The highest BCUT2D eigenvalue weighted by Gasteiger charge is 2.14. The van der Waals surface area contributed by atoms with Crippen molar-refractivity contribution < 1.29 is 5.11 Å². The van der Waals surface area contributed by atoms with E-state index < -0.39 is 6.10 Å². The molecule has 0 aliphatic carbocycles. The van der Waals surface area contributed by atoms with Gasteiger partial charge in [0.05, 0.1) is 17.5 Å². The van der Waals surface area contributed by atoms with E-state index in [9.17, 15) is 5.11 Å². The van der Waals surface area contributed by atoms with Gasteiger partial charge < -0.3 is 5.11 Å². The average molecular weight is 265 g/mol. The Kier molecular flexibility index (Phi) is 4.04. The van der Waals surface area contributed by atoms with Crippen LogP contribution in [0.1, 0.15) is 30.0 Å². The van der Waals surface area contributed by atoms with E-state index in [1.54, 1.807) is 0 Å². The van der Waals surface area contributed by atoms with Crippen molar-refractivity contribution in [3.05, 3.63) is 52.3 Å². The van der Waals surface area contributed by atoms with Crippen LogP contribution in [-0.2, 0) is 13.0 Å². The minimum absolute atomic E-state index is 0.547. The van der Waals surface area contributed by atoms with Crippen molar-refractivity contribution in [2.45, 2.75) is 32.9 Å². The average Bonchev–Trinajstić information content (AvgIpc) is 2.70. The number of hydrogen-bond acceptors (Lipinski definition) is 2. The summed E-state index contributed by atoms with van der Waals surface area (Å²) in [6, 6.07) is 9.50. The number of benzene rings is 1. The monoisotopic (exact) mass is 264 g/mol. The maximum Gasteiger partial charge on any atom is 0.0996 e. The molecule has 0 aliphatic rings. The van der Waals surface area contributed by atoms with E-state index >= 15 is 0 Å². The number of aryl methyl sites for hydroxylation is 2. The van der Waals surface area contributed by atoms with Crippen LogP contribution in [0.25, 0.3) is 0 Å². The van der Waals surface area contributed by atoms with Crippen LogP contribution in [0.2, 0.25) is 5.02 Å². The van der Waals surface area contributed by atoms with Crippen LogP contribution in [0, 0.1) is 6.92 Å². The molecule has 1 N–H and O–H groups in total. The van der Waals surface area contributed by atoms with Gasteiger partial charge in [-0.2, -0.15) is 5.10 Å². The fraction of sp³-hybridized carbons (Fsp3) is 0.357. The molecule has 0 amide bonds. The number of rotatable bonds is 4. The maximum absolute atomic E-state index is 10.3. The Labute approximate surface area is 112 Å². The first-order valence-corrected chi connectivity index (χ1v) is 6.44. The van der Waals surface area contributed by atoms with E-state index in [4.69, 9.17) is 11.6 Å². The van der Waals surface area contributed by atoms with Gasteiger partial charge in [0.1, 0.15) is 0 Å². The predicted molar refractivity (Wildman–Crippen MR) is 72.8 cm³/mol. The van der Waals surface area contributed by atoms with Crippen molar-refractivity contribution in [1.29, 1.82) is 0 Å². The maximum atomic E-state index is 10.3. The highest BCUT2D eigenvalue weighted by molar-refractivity contribution is 6.30. The molecular formula is C14H17ClN2O. The van der Waals surface area contributed by atoms with Gasteiger partial charge in [-0.15, -0.1) is 0 Å². The molecule has 0 spiro atoms. The van der Waals surface area contributed by atoms with Gasteiger partial charge in [0.25, 0.3) is 0 Å². The molecule has 0 saturated heterocycles. The molecule has 0 saturated carbocycles. The SMILES string of the molecule is CCn1nc(C)cc1C(O)Cc1cccc(Cl)c1. The van der Waals surface area contributed by atoms with Crippen molar-refractivity contribution >= 4 is 11.6 Å². The Morgan fingerprint density at radius 2 is 2.17 bits per heavy atom. The normalized spacial score (nSPS) is 12.7. The molecule has 1 unspecified atom stereocenters. The summed E-state index contributed by atoms with van der Waals surface area (Å²) in [6.45, 7) is 4.71. The minimum atomic E-state index is -0.551. The molecule has 1 atom stereocenters. The third-order valence-electron chi connectivity index (χ3n) is 2.89. The molecule has 96 valence electrons. The zero-order valence-corrected chi connectivity index (χ0v) is 11.4. The van der Waals surface area contributed by atoms with E-state index in [1.807, 2.05) is 48.9 Å². The molecular weight excluding hydrogens is 248 g/mol. The Morgan fingerprint density at radius 3 is 2.83 bits per heavy atom. The Bertz CT molecular complexity index is 536. The summed E-state index contributed by atoms with van der Waals surface area (Å²) in [5, 5.41) is 15.3. The van der Waals surface area contributed by atoms with E-state index in [1.165, 1.54) is 0 Å². The fourth-order valence-electron chi connectivity index (χ4n) is 2.08. The number of halogens is 1. The van der Waals surface area contributed by atoms with Gasteiger partial charge in [0.2, 0.25) is 0 Å². The highest BCUT2D eigenvalue weighted by atomic mass is 35.5. The lowest BCUT2D eigenvalue weighted by Crippen LogP contribution is -2.10. The van der Waals surface area contributed by atoms with E-state index in [0.717, 1.165) is 23.5 Å². The molecule has 2 rings (SSSR count). The molecule has 3 nitrogen and oxygen atoms in total. The van der Waals surface area contributed by atoms with Gasteiger partial charge in [0.15, 0.2) is 0 Å². The zero-order valence-electron chi connectivity index (χ0n) is 10.6. The smallest absolute Gasteiger partial charge is 0.0996 e. The molecule has 0 aliphatic heterocycles. The van der Waals surface area contributed by atoms with Crippen LogP contribution in [0.4, 0.5) is 0 Å². The van der Waals surface area contributed by atoms with Gasteiger partial charge >= 0.3 is 0 Å². The summed E-state index contributed by atoms with van der Waals surface area (Å²) in [7, 11) is 0. The first-order valence-electron chi connectivity index (χ1n) is 6.07. The number of aliphatic hydroxyl groups is 1. The van der Waals surface area contributed by atoms with Gasteiger partial charge in [0, 0.05) is 18.0 Å². The lowest BCUT2D eigenvalue weighted by molar-refractivity contribution is 0.167. The van der Waals surface area contributed by atoms with Crippen LogP contribution < -0.4 is 0 Å². The minimum Gasteiger partial charge on any atom is -0.386 e. The summed E-state index contributed by atoms with van der Waals surface area (Å²) in [5.74, 6) is 0. The van der Waals surface area contributed by atoms with Crippen molar-refractivity contribution in [3.8, 4) is 0 Å². The fourth-order valence-corrected chi connectivity index (χ4v) is 2.29. The molecule has 1 aromatic carbocycles. The van der Waals surface area contributed by atoms with Crippen LogP contribution in [0.5, 0.6) is 0 Å². The van der Waals surface area contributed by atoms with Crippen molar-refractivity contribution in [2.75, 3.05) is 0 Å². The second-order valence-electron chi connectivity index (χ2n) is 4.38. The molecule has 18 heavy (non-hydrogen) atoms. The summed E-state index contributed by atoms with van der Waals surface area (Å²) in [5.41, 5.74) is 2.81. The van der Waals surface area contributed by atoms with Crippen molar-refractivity contribution in [3.63, 3.8) is 0 Å². The standard InChI is InChI=1S/C14H17ClN2O/c1-3-17-13(7-10(2)16-17)14(18)9-11-5-4-6-12(15)8-11/h4-8,14,18H,3,9H2,1-2H3. The lowest BCUT2D eigenvalue weighted by atomic mass is 10.1. The van der Waals surface area contributed by atoms with E-state index in [0.29, 0.717) is 11.4 Å². The second-order valence-corrected chi connectivity index (χ2v) is 4.81.